The Morgan fingerprint density at radius 2 is 1.77 bits per heavy atom. The molecule has 1 unspecified atom stereocenters. The Hall–Kier alpha value is -3.19. The number of anilines is 1. The van der Waals surface area contributed by atoms with Crippen LogP contribution in [0.1, 0.15) is 27.6 Å². The average molecular weight is 368 g/mol. The number of nitrogens with two attached hydrogens (primary N) is 1. The lowest BCUT2D eigenvalue weighted by Gasteiger charge is -2.14. The molecule has 2 amide bonds. The fraction of sp³-hybridized carbons (Fsp3) is 0.105. The molecule has 0 radical (unpaired) electrons. The maximum absolute atomic E-state index is 12.5. The molecule has 0 aliphatic heterocycles. The molecule has 3 N–H and O–H groups in total. The minimum atomic E-state index is -1.04. The molecule has 0 saturated heterocycles. The second kappa shape index (κ2) is 7.37. The summed E-state index contributed by atoms with van der Waals surface area (Å²) in [6.45, 7) is 1.47. The third kappa shape index (κ3) is 3.57. The summed E-state index contributed by atoms with van der Waals surface area (Å²) in [5.41, 5.74) is 5.86. The fourth-order valence-electron chi connectivity index (χ4n) is 2.49. The minimum Gasteiger partial charge on any atom is -0.449 e. The van der Waals surface area contributed by atoms with E-state index in [2.05, 4.69) is 5.32 Å². The van der Waals surface area contributed by atoms with Crippen LogP contribution in [-0.2, 0) is 9.53 Å². The molecular formula is C19H16N2O4S. The van der Waals surface area contributed by atoms with E-state index >= 15 is 0 Å². The van der Waals surface area contributed by atoms with Crippen LogP contribution in [-0.4, -0.2) is 23.9 Å². The van der Waals surface area contributed by atoms with Crippen LogP contribution in [0.25, 0.3) is 10.8 Å². The van der Waals surface area contributed by atoms with Crippen molar-refractivity contribution >= 4 is 44.9 Å². The van der Waals surface area contributed by atoms with Gasteiger partial charge in [-0.1, -0.05) is 36.4 Å². The summed E-state index contributed by atoms with van der Waals surface area (Å²) in [7, 11) is 0. The summed E-state index contributed by atoms with van der Waals surface area (Å²) in [5.74, 6) is -1.77. The first-order valence-electron chi connectivity index (χ1n) is 7.84. The molecule has 3 aromatic rings. The molecule has 1 aromatic heterocycles. The first kappa shape index (κ1) is 17.6. The number of hydrogen-bond donors (Lipinski definition) is 2. The number of esters is 1. The molecule has 0 spiro atoms. The van der Waals surface area contributed by atoms with E-state index in [1.807, 2.05) is 30.3 Å². The number of carbonyl (C=O) groups excluding carboxylic acids is 3. The van der Waals surface area contributed by atoms with Gasteiger partial charge in [0.25, 0.3) is 11.8 Å². The number of benzene rings is 2. The van der Waals surface area contributed by atoms with Crippen LogP contribution in [0, 0.1) is 0 Å². The monoisotopic (exact) mass is 368 g/mol. The van der Waals surface area contributed by atoms with Gasteiger partial charge >= 0.3 is 5.97 Å². The molecular weight excluding hydrogens is 352 g/mol. The summed E-state index contributed by atoms with van der Waals surface area (Å²) in [6, 6.07) is 14.3. The number of carbonyl (C=O) groups is 3. The molecule has 3 rings (SSSR count). The summed E-state index contributed by atoms with van der Waals surface area (Å²) >= 11 is 1.17. The predicted octanol–water partition coefficient (Wildman–Crippen LogP) is 3.18. The third-order valence-electron chi connectivity index (χ3n) is 3.83. The van der Waals surface area contributed by atoms with Gasteiger partial charge < -0.3 is 15.8 Å². The minimum absolute atomic E-state index is 0.218. The predicted molar refractivity (Wildman–Crippen MR) is 100 cm³/mol. The zero-order valence-corrected chi connectivity index (χ0v) is 14.7. The van der Waals surface area contributed by atoms with Gasteiger partial charge in [-0.15, -0.1) is 11.3 Å². The molecule has 132 valence electrons. The summed E-state index contributed by atoms with van der Waals surface area (Å²) in [6.07, 6.45) is -1.04. The molecule has 2 aromatic carbocycles. The molecule has 1 atom stereocenters. The number of ether oxygens (including phenoxy) is 1. The van der Waals surface area contributed by atoms with Crippen molar-refractivity contribution in [2.24, 2.45) is 5.73 Å². The van der Waals surface area contributed by atoms with Gasteiger partial charge in [0, 0.05) is 0 Å². The Morgan fingerprint density at radius 3 is 2.54 bits per heavy atom. The van der Waals surface area contributed by atoms with E-state index in [0.29, 0.717) is 10.6 Å². The van der Waals surface area contributed by atoms with Crippen molar-refractivity contribution in [1.82, 2.24) is 0 Å². The number of rotatable bonds is 5. The molecule has 0 bridgehead atoms. The van der Waals surface area contributed by atoms with Crippen molar-refractivity contribution in [2.45, 2.75) is 13.0 Å². The molecule has 0 saturated carbocycles. The van der Waals surface area contributed by atoms with Crippen LogP contribution in [0.5, 0.6) is 0 Å². The Morgan fingerprint density at radius 1 is 1.04 bits per heavy atom. The zero-order valence-electron chi connectivity index (χ0n) is 13.9. The van der Waals surface area contributed by atoms with E-state index in [-0.39, 0.29) is 5.56 Å². The first-order chi connectivity index (χ1) is 12.5. The maximum Gasteiger partial charge on any atom is 0.339 e. The van der Waals surface area contributed by atoms with Crippen LogP contribution >= 0.6 is 11.3 Å². The number of nitrogens with one attached hydrogen (secondary N) is 1. The van der Waals surface area contributed by atoms with Gasteiger partial charge in [-0.05, 0) is 35.2 Å². The quantitative estimate of drug-likeness (QED) is 0.676. The molecule has 0 fully saturated rings. The van der Waals surface area contributed by atoms with Crippen LogP contribution in [0.3, 0.4) is 0 Å². The normalized spacial score (nSPS) is 11.7. The lowest BCUT2D eigenvalue weighted by Crippen LogP contribution is -2.30. The third-order valence-corrected chi connectivity index (χ3v) is 4.66. The van der Waals surface area contributed by atoms with Crippen LogP contribution < -0.4 is 11.1 Å². The topological polar surface area (TPSA) is 98.5 Å². The van der Waals surface area contributed by atoms with Crippen molar-refractivity contribution < 1.29 is 19.1 Å². The van der Waals surface area contributed by atoms with Gasteiger partial charge in [0.2, 0.25) is 0 Å². The first-order valence-corrected chi connectivity index (χ1v) is 8.72. The number of fused-ring (bicyclic) bond motifs is 1. The second-order valence-electron chi connectivity index (χ2n) is 5.59. The van der Waals surface area contributed by atoms with Crippen molar-refractivity contribution in [3.8, 4) is 0 Å². The van der Waals surface area contributed by atoms with Crippen molar-refractivity contribution in [3.63, 3.8) is 0 Å². The number of thiophene rings is 1. The maximum atomic E-state index is 12.5. The van der Waals surface area contributed by atoms with Crippen molar-refractivity contribution in [1.29, 1.82) is 0 Å². The van der Waals surface area contributed by atoms with Gasteiger partial charge in [0.1, 0.15) is 5.00 Å². The van der Waals surface area contributed by atoms with E-state index in [4.69, 9.17) is 10.5 Å². The van der Waals surface area contributed by atoms with Crippen LogP contribution in [0.4, 0.5) is 5.00 Å². The van der Waals surface area contributed by atoms with Gasteiger partial charge in [-0.25, -0.2) is 4.79 Å². The standard InChI is InChI=1S/C19H16N2O4S/c1-11(17(23)21-18-15(16(20)22)9-10-26-18)25-19(24)14-8-4-6-12-5-2-3-7-13(12)14/h2-11H,1H3,(H2,20,22)(H,21,23). The van der Waals surface area contributed by atoms with E-state index in [9.17, 15) is 14.4 Å². The molecule has 0 aliphatic rings. The van der Waals surface area contributed by atoms with E-state index < -0.39 is 23.9 Å². The molecule has 1 heterocycles. The molecule has 7 heteroatoms. The zero-order chi connectivity index (χ0) is 18.7. The molecule has 26 heavy (non-hydrogen) atoms. The SMILES string of the molecule is CC(OC(=O)c1cccc2ccccc12)C(=O)Nc1sccc1C(N)=O. The van der Waals surface area contributed by atoms with Crippen LogP contribution in [0.2, 0.25) is 0 Å². The summed E-state index contributed by atoms with van der Waals surface area (Å²) in [4.78, 5) is 36.1. The highest BCUT2D eigenvalue weighted by atomic mass is 32.1. The second-order valence-corrected chi connectivity index (χ2v) is 6.51. The van der Waals surface area contributed by atoms with Gasteiger partial charge in [0.15, 0.2) is 6.10 Å². The van der Waals surface area contributed by atoms with Gasteiger partial charge in [0.05, 0.1) is 11.1 Å². The number of primary amides is 1. The number of amides is 2. The highest BCUT2D eigenvalue weighted by Gasteiger charge is 2.22. The molecule has 6 nitrogen and oxygen atoms in total. The van der Waals surface area contributed by atoms with Gasteiger partial charge in [-0.3, -0.25) is 9.59 Å². The van der Waals surface area contributed by atoms with Crippen molar-refractivity contribution in [3.05, 3.63) is 65.0 Å². The Bertz CT molecular complexity index is 991. The van der Waals surface area contributed by atoms with Crippen LogP contribution in [0.15, 0.2) is 53.9 Å². The Balaban J connectivity index is 1.73. The average Bonchev–Trinajstić information content (AvgIpc) is 3.09. The highest BCUT2D eigenvalue weighted by molar-refractivity contribution is 7.14. The van der Waals surface area contributed by atoms with Crippen molar-refractivity contribution in [2.75, 3.05) is 5.32 Å². The van der Waals surface area contributed by atoms with E-state index in [0.717, 1.165) is 10.8 Å². The largest absolute Gasteiger partial charge is 0.449 e. The lowest BCUT2D eigenvalue weighted by molar-refractivity contribution is -0.123. The fourth-order valence-corrected chi connectivity index (χ4v) is 3.29. The number of hydrogen-bond acceptors (Lipinski definition) is 5. The van der Waals surface area contributed by atoms with Gasteiger partial charge in [-0.2, -0.15) is 0 Å². The summed E-state index contributed by atoms with van der Waals surface area (Å²) in [5, 5.41) is 6.20. The smallest absolute Gasteiger partial charge is 0.339 e. The lowest BCUT2D eigenvalue weighted by atomic mass is 10.0. The Labute approximate surface area is 153 Å². The van der Waals surface area contributed by atoms with E-state index in [1.165, 1.54) is 24.3 Å². The highest BCUT2D eigenvalue weighted by Crippen LogP contribution is 2.23. The summed E-state index contributed by atoms with van der Waals surface area (Å²) < 4.78 is 5.29. The van der Waals surface area contributed by atoms with E-state index in [1.54, 1.807) is 17.5 Å². The Kier molecular flexibility index (Phi) is 4.99. The molecule has 0 aliphatic carbocycles.